The lowest BCUT2D eigenvalue weighted by molar-refractivity contribution is 0.0565. The van der Waals surface area contributed by atoms with Crippen LogP contribution in [0.4, 0.5) is 36.9 Å². The van der Waals surface area contributed by atoms with E-state index in [-0.39, 0.29) is 30.3 Å². The second kappa shape index (κ2) is 12.8. The molecule has 0 atom stereocenters. The summed E-state index contributed by atoms with van der Waals surface area (Å²) in [6.45, 7) is 14.7. The Morgan fingerprint density at radius 3 is 2.43 bits per heavy atom. The molecule has 0 saturated carbocycles. The summed E-state index contributed by atoms with van der Waals surface area (Å²) in [6, 6.07) is 9.79. The number of anilines is 4. The van der Waals surface area contributed by atoms with Crippen LogP contribution in [0.2, 0.25) is 0 Å². The molecule has 4 aromatic rings. The number of carbonyl (C=O) groups excluding carboxylic acids is 2. The molecule has 0 spiro atoms. The van der Waals surface area contributed by atoms with E-state index >= 15 is 4.39 Å². The summed E-state index contributed by atoms with van der Waals surface area (Å²) in [5.41, 5.74) is 3.39. The first kappa shape index (κ1) is 33.9. The molecule has 0 bridgehead atoms. The van der Waals surface area contributed by atoms with E-state index in [0.29, 0.717) is 33.4 Å². The minimum absolute atomic E-state index is 0.0870. The number of rotatable bonds is 4. The van der Waals surface area contributed by atoms with Crippen molar-refractivity contribution in [2.24, 2.45) is 0 Å². The van der Waals surface area contributed by atoms with Gasteiger partial charge in [0.1, 0.15) is 29.3 Å². The SMILES string of the molecule is Cc1c(-c2cc3cc(Nc4ccc5c(c4)CCN(C)C5)ncc3c(NC(=O)OC(C)(C)C)c2F)cnc2c1N(C(=O)OC(C)(C)C)CCO2. The quantitative estimate of drug-likeness (QED) is 0.223. The maximum absolute atomic E-state index is 16.7. The number of ether oxygens (including phenoxy) is 3. The lowest BCUT2D eigenvalue weighted by atomic mass is 9.96. The van der Waals surface area contributed by atoms with E-state index in [9.17, 15) is 9.59 Å². The molecule has 0 aliphatic carbocycles. The molecule has 2 N–H and O–H groups in total. The van der Waals surface area contributed by atoms with Gasteiger partial charge in [-0.25, -0.2) is 23.9 Å². The van der Waals surface area contributed by atoms with E-state index in [4.69, 9.17) is 14.2 Å². The number of pyridine rings is 2. The number of halogens is 1. The van der Waals surface area contributed by atoms with Crippen LogP contribution in [0.25, 0.3) is 21.9 Å². The Morgan fingerprint density at radius 1 is 0.939 bits per heavy atom. The van der Waals surface area contributed by atoms with Gasteiger partial charge in [0.05, 0.1) is 12.2 Å². The third-order valence-corrected chi connectivity index (χ3v) is 8.27. The molecule has 0 fully saturated rings. The highest BCUT2D eigenvalue weighted by Gasteiger charge is 2.32. The van der Waals surface area contributed by atoms with E-state index in [1.54, 1.807) is 54.5 Å². The van der Waals surface area contributed by atoms with Crippen molar-refractivity contribution in [2.75, 3.05) is 42.3 Å². The van der Waals surface area contributed by atoms with Gasteiger partial charge < -0.3 is 24.4 Å². The van der Waals surface area contributed by atoms with Gasteiger partial charge in [0.15, 0.2) is 5.82 Å². The summed E-state index contributed by atoms with van der Waals surface area (Å²) in [6.07, 6.45) is 2.64. The van der Waals surface area contributed by atoms with Gasteiger partial charge in [-0.1, -0.05) is 6.07 Å². The zero-order valence-electron chi connectivity index (χ0n) is 29.3. The number of benzene rings is 2. The monoisotopic (exact) mass is 670 g/mol. The number of hydrogen-bond acceptors (Lipinski definition) is 9. The van der Waals surface area contributed by atoms with Gasteiger partial charge in [-0.2, -0.15) is 0 Å². The van der Waals surface area contributed by atoms with E-state index in [1.165, 1.54) is 28.4 Å². The molecule has 4 heterocycles. The van der Waals surface area contributed by atoms with E-state index in [2.05, 4.69) is 44.7 Å². The number of nitrogens with one attached hydrogen (secondary N) is 2. The Kier molecular flexibility index (Phi) is 8.87. The zero-order chi connectivity index (χ0) is 35.2. The van der Waals surface area contributed by atoms with Crippen molar-refractivity contribution in [1.29, 1.82) is 0 Å². The Balaban J connectivity index is 1.45. The topological polar surface area (TPSA) is 118 Å². The number of likely N-dealkylation sites (N-methyl/N-ethyl adjacent to an activating group) is 1. The molecule has 2 aromatic carbocycles. The van der Waals surface area contributed by atoms with Crippen LogP contribution >= 0.6 is 0 Å². The molecule has 49 heavy (non-hydrogen) atoms. The first-order chi connectivity index (χ1) is 23.1. The number of carbonyl (C=O) groups is 2. The van der Waals surface area contributed by atoms with E-state index in [0.717, 1.165) is 25.2 Å². The number of nitrogens with zero attached hydrogens (tertiary/aromatic N) is 4. The van der Waals surface area contributed by atoms with Crippen LogP contribution in [0.15, 0.2) is 42.7 Å². The molecule has 6 rings (SSSR count). The molecule has 258 valence electrons. The number of amides is 2. The molecule has 2 aliphatic heterocycles. The van der Waals surface area contributed by atoms with Crippen LogP contribution in [0.1, 0.15) is 58.2 Å². The predicted octanol–water partition coefficient (Wildman–Crippen LogP) is 7.96. The highest BCUT2D eigenvalue weighted by molar-refractivity contribution is 6.04. The number of fused-ring (bicyclic) bond motifs is 3. The highest BCUT2D eigenvalue weighted by Crippen LogP contribution is 2.43. The van der Waals surface area contributed by atoms with Crippen LogP contribution in [-0.2, 0) is 22.4 Å². The molecule has 2 aliphatic rings. The van der Waals surface area contributed by atoms with Crippen molar-refractivity contribution in [3.05, 3.63) is 65.2 Å². The minimum atomic E-state index is -0.809. The fraction of sp³-hybridized carbons (Fsp3) is 0.405. The third-order valence-electron chi connectivity index (χ3n) is 8.27. The van der Waals surface area contributed by atoms with Crippen molar-refractivity contribution < 1.29 is 28.2 Å². The first-order valence-corrected chi connectivity index (χ1v) is 16.4. The summed E-state index contributed by atoms with van der Waals surface area (Å²) < 4.78 is 33.7. The second-order valence-corrected chi connectivity index (χ2v) is 14.6. The van der Waals surface area contributed by atoms with Crippen LogP contribution in [0, 0.1) is 12.7 Å². The minimum Gasteiger partial charge on any atom is -0.474 e. The van der Waals surface area contributed by atoms with Gasteiger partial charge in [-0.15, -0.1) is 0 Å². The van der Waals surface area contributed by atoms with E-state index in [1.807, 2.05) is 12.1 Å². The van der Waals surface area contributed by atoms with E-state index < -0.39 is 29.2 Å². The van der Waals surface area contributed by atoms with Crippen molar-refractivity contribution in [3.8, 4) is 17.0 Å². The Bertz CT molecular complexity index is 1950. The molecule has 11 nitrogen and oxygen atoms in total. The standard InChI is InChI=1S/C37H43FN6O5/c1-21-27(18-40-33-32(21)44(13-14-47-33)35(46)49-37(5,6)7)26-16-24-17-29(41-25-10-9-23-20-43(8)12-11-22(23)15-25)39-19-28(24)31(30(26)38)42-34(45)48-36(2,3)4/h9-10,15-19H,11-14,20H2,1-8H3,(H,39,41)(H,42,45). The average Bonchev–Trinajstić information content (AvgIpc) is 3.01. The van der Waals surface area contributed by atoms with Crippen molar-refractivity contribution in [2.45, 2.75) is 72.6 Å². The maximum Gasteiger partial charge on any atom is 0.415 e. The largest absolute Gasteiger partial charge is 0.474 e. The highest BCUT2D eigenvalue weighted by atomic mass is 19.1. The number of aromatic nitrogens is 2. The molecule has 2 aromatic heterocycles. The van der Waals surface area contributed by atoms with Crippen molar-refractivity contribution >= 4 is 45.8 Å². The fourth-order valence-electron chi connectivity index (χ4n) is 6.09. The van der Waals surface area contributed by atoms with Gasteiger partial charge >= 0.3 is 12.2 Å². The van der Waals surface area contributed by atoms with Crippen LogP contribution in [-0.4, -0.2) is 65.0 Å². The molecular formula is C37H43FN6O5. The lowest BCUT2D eigenvalue weighted by Gasteiger charge is -2.32. The summed E-state index contributed by atoms with van der Waals surface area (Å²) >= 11 is 0. The third kappa shape index (κ3) is 7.39. The van der Waals surface area contributed by atoms with Gasteiger partial charge in [-0.05, 0) is 108 Å². The molecule has 0 saturated heterocycles. The van der Waals surface area contributed by atoms with Crippen LogP contribution in [0.5, 0.6) is 5.88 Å². The average molecular weight is 671 g/mol. The van der Waals surface area contributed by atoms with Crippen LogP contribution in [0.3, 0.4) is 0 Å². The predicted molar refractivity (Wildman–Crippen MR) is 188 cm³/mol. The number of hydrogen-bond donors (Lipinski definition) is 2. The zero-order valence-corrected chi connectivity index (χ0v) is 29.3. The lowest BCUT2D eigenvalue weighted by Crippen LogP contribution is -2.42. The van der Waals surface area contributed by atoms with Crippen LogP contribution < -0.4 is 20.3 Å². The summed E-state index contributed by atoms with van der Waals surface area (Å²) in [5.74, 6) is 0.0934. The Labute approximate surface area is 285 Å². The fourth-order valence-corrected chi connectivity index (χ4v) is 6.09. The molecule has 0 unspecified atom stereocenters. The summed E-state index contributed by atoms with van der Waals surface area (Å²) in [4.78, 5) is 39.1. The maximum atomic E-state index is 16.7. The smallest absolute Gasteiger partial charge is 0.415 e. The van der Waals surface area contributed by atoms with Gasteiger partial charge in [0, 0.05) is 47.7 Å². The normalized spacial score (nSPS) is 14.8. The summed E-state index contributed by atoms with van der Waals surface area (Å²) in [7, 11) is 2.11. The van der Waals surface area contributed by atoms with Crippen molar-refractivity contribution in [1.82, 2.24) is 14.9 Å². The first-order valence-electron chi connectivity index (χ1n) is 16.4. The second-order valence-electron chi connectivity index (χ2n) is 14.6. The Hall–Kier alpha value is -4.97. The van der Waals surface area contributed by atoms with Crippen molar-refractivity contribution in [3.63, 3.8) is 0 Å². The molecular weight excluding hydrogens is 627 g/mol. The molecule has 0 radical (unpaired) electrons. The molecule has 12 heteroatoms. The van der Waals surface area contributed by atoms with Gasteiger partial charge in [0.2, 0.25) is 5.88 Å². The Morgan fingerprint density at radius 2 is 1.69 bits per heavy atom. The summed E-state index contributed by atoms with van der Waals surface area (Å²) in [5, 5.41) is 7.02. The molecule has 2 amide bonds. The van der Waals surface area contributed by atoms with Gasteiger partial charge in [0.25, 0.3) is 0 Å². The van der Waals surface area contributed by atoms with Gasteiger partial charge in [-0.3, -0.25) is 10.2 Å².